The number of anilines is 1. The third-order valence-corrected chi connectivity index (χ3v) is 6.58. The molecule has 0 saturated heterocycles. The molecule has 0 bridgehead atoms. The molecule has 0 radical (unpaired) electrons. The molecule has 2 rings (SSSR count). The predicted octanol–water partition coefficient (Wildman–Crippen LogP) is 4.25. The van der Waals surface area contributed by atoms with Gasteiger partial charge in [0.05, 0.1) is 10.6 Å². The summed E-state index contributed by atoms with van der Waals surface area (Å²) >= 11 is 10.6. The SMILES string of the molecule is Nc1ccc(Cl)cc1SCCS(=O)(=O)c1ccc(Br)cc1. The van der Waals surface area contributed by atoms with E-state index in [0.717, 1.165) is 9.37 Å². The van der Waals surface area contributed by atoms with Crippen molar-refractivity contribution < 1.29 is 8.42 Å². The van der Waals surface area contributed by atoms with Crippen molar-refractivity contribution in [3.63, 3.8) is 0 Å². The van der Waals surface area contributed by atoms with Gasteiger partial charge in [-0.25, -0.2) is 8.42 Å². The van der Waals surface area contributed by atoms with Crippen molar-refractivity contribution in [2.24, 2.45) is 0 Å². The lowest BCUT2D eigenvalue weighted by Gasteiger charge is -2.07. The normalized spacial score (nSPS) is 11.5. The molecule has 21 heavy (non-hydrogen) atoms. The van der Waals surface area contributed by atoms with E-state index in [-0.39, 0.29) is 5.75 Å². The second kappa shape index (κ2) is 7.05. The second-order valence-corrected chi connectivity index (χ2v) is 8.90. The van der Waals surface area contributed by atoms with Gasteiger partial charge in [-0.1, -0.05) is 27.5 Å². The number of thioether (sulfide) groups is 1. The molecule has 2 aromatic rings. The van der Waals surface area contributed by atoms with Crippen molar-refractivity contribution in [1.29, 1.82) is 0 Å². The molecule has 0 aliphatic heterocycles. The highest BCUT2D eigenvalue weighted by molar-refractivity contribution is 9.10. The van der Waals surface area contributed by atoms with Crippen LogP contribution in [0.3, 0.4) is 0 Å². The van der Waals surface area contributed by atoms with E-state index in [4.69, 9.17) is 17.3 Å². The summed E-state index contributed by atoms with van der Waals surface area (Å²) in [5.41, 5.74) is 6.44. The molecule has 0 aliphatic carbocycles. The van der Waals surface area contributed by atoms with E-state index in [2.05, 4.69) is 15.9 Å². The Balaban J connectivity index is 2.02. The minimum Gasteiger partial charge on any atom is -0.398 e. The quantitative estimate of drug-likeness (QED) is 0.595. The van der Waals surface area contributed by atoms with Crippen LogP contribution in [0.25, 0.3) is 0 Å². The Hall–Kier alpha value is -0.690. The van der Waals surface area contributed by atoms with E-state index >= 15 is 0 Å². The molecule has 3 nitrogen and oxygen atoms in total. The topological polar surface area (TPSA) is 60.2 Å². The van der Waals surface area contributed by atoms with Crippen LogP contribution in [0.5, 0.6) is 0 Å². The Bertz CT molecular complexity index is 733. The van der Waals surface area contributed by atoms with E-state index in [0.29, 0.717) is 21.4 Å². The molecule has 0 aromatic heterocycles. The minimum atomic E-state index is -3.29. The fourth-order valence-corrected chi connectivity index (χ4v) is 4.82. The van der Waals surface area contributed by atoms with Gasteiger partial charge in [0.1, 0.15) is 0 Å². The van der Waals surface area contributed by atoms with Crippen LogP contribution in [0.1, 0.15) is 0 Å². The number of nitrogens with two attached hydrogens (primary N) is 1. The van der Waals surface area contributed by atoms with E-state index in [1.807, 2.05) is 0 Å². The van der Waals surface area contributed by atoms with Gasteiger partial charge in [-0.2, -0.15) is 0 Å². The largest absolute Gasteiger partial charge is 0.398 e. The minimum absolute atomic E-state index is 0.0469. The zero-order valence-electron chi connectivity index (χ0n) is 10.9. The molecule has 7 heteroatoms. The van der Waals surface area contributed by atoms with Crippen LogP contribution in [-0.2, 0) is 9.84 Å². The molecular weight excluding hydrogens is 394 g/mol. The lowest BCUT2D eigenvalue weighted by Crippen LogP contribution is -2.08. The monoisotopic (exact) mass is 405 g/mol. The zero-order valence-corrected chi connectivity index (χ0v) is 14.9. The number of rotatable bonds is 5. The van der Waals surface area contributed by atoms with Crippen molar-refractivity contribution in [1.82, 2.24) is 0 Å². The van der Waals surface area contributed by atoms with Crippen molar-refractivity contribution in [2.45, 2.75) is 9.79 Å². The maximum Gasteiger partial charge on any atom is 0.179 e. The van der Waals surface area contributed by atoms with Crippen LogP contribution in [0, 0.1) is 0 Å². The predicted molar refractivity (Wildman–Crippen MR) is 92.8 cm³/mol. The van der Waals surface area contributed by atoms with Crippen molar-refractivity contribution >= 4 is 54.8 Å². The van der Waals surface area contributed by atoms with Gasteiger partial charge in [-0.05, 0) is 42.5 Å². The van der Waals surface area contributed by atoms with Gasteiger partial charge < -0.3 is 5.73 Å². The number of hydrogen-bond donors (Lipinski definition) is 1. The Kier molecular flexibility index (Phi) is 5.60. The van der Waals surface area contributed by atoms with Crippen LogP contribution in [0.2, 0.25) is 5.02 Å². The van der Waals surface area contributed by atoms with Crippen LogP contribution in [0.15, 0.2) is 56.7 Å². The Morgan fingerprint density at radius 1 is 1.14 bits per heavy atom. The second-order valence-electron chi connectivity index (χ2n) is 4.30. The summed E-state index contributed by atoms with van der Waals surface area (Å²) in [6, 6.07) is 11.8. The molecule has 0 atom stereocenters. The van der Waals surface area contributed by atoms with Crippen LogP contribution < -0.4 is 5.73 Å². The first-order chi connectivity index (χ1) is 9.88. The highest BCUT2D eigenvalue weighted by Crippen LogP contribution is 2.28. The first-order valence-corrected chi connectivity index (χ1v) is 9.85. The summed E-state index contributed by atoms with van der Waals surface area (Å²) < 4.78 is 25.2. The molecule has 2 N–H and O–H groups in total. The fourth-order valence-electron chi connectivity index (χ4n) is 1.65. The van der Waals surface area contributed by atoms with Gasteiger partial charge in [0.25, 0.3) is 0 Å². The molecule has 0 unspecified atom stereocenters. The fraction of sp³-hybridized carbons (Fsp3) is 0.143. The summed E-state index contributed by atoms with van der Waals surface area (Å²) in [6.45, 7) is 0. The molecule has 0 heterocycles. The number of halogens is 2. The van der Waals surface area contributed by atoms with Crippen LogP contribution in [0.4, 0.5) is 5.69 Å². The van der Waals surface area contributed by atoms with Crippen LogP contribution in [-0.4, -0.2) is 19.9 Å². The van der Waals surface area contributed by atoms with Gasteiger partial charge in [-0.15, -0.1) is 11.8 Å². The van der Waals surface area contributed by atoms with E-state index in [1.54, 1.807) is 42.5 Å². The summed E-state index contributed by atoms with van der Waals surface area (Å²) in [5.74, 6) is 0.466. The summed E-state index contributed by atoms with van der Waals surface area (Å²) in [7, 11) is -3.29. The number of sulfone groups is 1. The Labute approximate surface area is 141 Å². The van der Waals surface area contributed by atoms with E-state index in [9.17, 15) is 8.42 Å². The Morgan fingerprint density at radius 2 is 1.81 bits per heavy atom. The van der Waals surface area contributed by atoms with Crippen molar-refractivity contribution in [3.05, 3.63) is 52.0 Å². The lowest BCUT2D eigenvalue weighted by molar-refractivity contribution is 0.597. The third-order valence-electron chi connectivity index (χ3n) is 2.76. The lowest BCUT2D eigenvalue weighted by atomic mass is 10.3. The molecule has 2 aromatic carbocycles. The standard InChI is InChI=1S/C14H13BrClNO2S2/c15-10-1-4-12(5-2-10)21(18,19)8-7-20-14-9-11(16)3-6-13(14)17/h1-6,9H,7-8,17H2. The molecular formula is C14H13BrClNO2S2. The van der Waals surface area contributed by atoms with Gasteiger partial charge >= 0.3 is 0 Å². The Morgan fingerprint density at radius 3 is 2.48 bits per heavy atom. The molecule has 0 aliphatic rings. The van der Waals surface area contributed by atoms with Crippen molar-refractivity contribution in [2.75, 3.05) is 17.2 Å². The molecule has 112 valence electrons. The highest BCUT2D eigenvalue weighted by Gasteiger charge is 2.14. The average molecular weight is 407 g/mol. The maximum atomic E-state index is 12.2. The zero-order chi connectivity index (χ0) is 15.5. The third kappa shape index (κ3) is 4.64. The smallest absolute Gasteiger partial charge is 0.179 e. The molecule has 0 fully saturated rings. The summed E-state index contributed by atoms with van der Waals surface area (Å²) in [4.78, 5) is 1.12. The van der Waals surface area contributed by atoms with Gasteiger partial charge in [-0.3, -0.25) is 0 Å². The highest BCUT2D eigenvalue weighted by atomic mass is 79.9. The summed E-state index contributed by atoms with van der Waals surface area (Å²) in [5, 5.41) is 0.586. The van der Waals surface area contributed by atoms with Gasteiger partial charge in [0.15, 0.2) is 9.84 Å². The molecule has 0 spiro atoms. The van der Waals surface area contributed by atoms with Gasteiger partial charge in [0, 0.05) is 25.8 Å². The van der Waals surface area contributed by atoms with E-state index in [1.165, 1.54) is 11.8 Å². The first kappa shape index (κ1) is 16.7. The number of benzene rings is 2. The first-order valence-electron chi connectivity index (χ1n) is 6.04. The van der Waals surface area contributed by atoms with Gasteiger partial charge in [0.2, 0.25) is 0 Å². The van der Waals surface area contributed by atoms with Crippen molar-refractivity contribution in [3.8, 4) is 0 Å². The van der Waals surface area contributed by atoms with E-state index < -0.39 is 9.84 Å². The number of nitrogen functional groups attached to an aromatic ring is 1. The number of hydrogen-bond acceptors (Lipinski definition) is 4. The average Bonchev–Trinajstić information content (AvgIpc) is 2.43. The summed E-state index contributed by atoms with van der Waals surface area (Å²) in [6.07, 6.45) is 0. The van der Waals surface area contributed by atoms with Crippen LogP contribution >= 0.6 is 39.3 Å². The molecule has 0 amide bonds. The molecule has 0 saturated carbocycles. The maximum absolute atomic E-state index is 12.2.